The van der Waals surface area contributed by atoms with E-state index in [-0.39, 0.29) is 10.9 Å². The first kappa shape index (κ1) is 16.4. The van der Waals surface area contributed by atoms with Crippen molar-refractivity contribution >= 4 is 21.4 Å². The summed E-state index contributed by atoms with van der Waals surface area (Å²) in [6, 6.07) is 16.5. The quantitative estimate of drug-likeness (QED) is 0.689. The third-order valence-corrected chi connectivity index (χ3v) is 7.28. The van der Waals surface area contributed by atoms with Gasteiger partial charge in [0.25, 0.3) is 0 Å². The largest absolute Gasteiger partial charge is 0.243 e. The topological polar surface area (TPSA) is 37.4 Å². The molecule has 1 unspecified atom stereocenters. The predicted octanol–water partition coefficient (Wildman–Crippen LogP) is 4.22. The van der Waals surface area contributed by atoms with Crippen molar-refractivity contribution < 1.29 is 12.8 Å². The van der Waals surface area contributed by atoms with Crippen LogP contribution in [-0.4, -0.2) is 19.3 Å². The summed E-state index contributed by atoms with van der Waals surface area (Å²) in [6.07, 6.45) is 0.665. The molecule has 1 aromatic heterocycles. The zero-order valence-electron chi connectivity index (χ0n) is 13.3. The number of hydrogen-bond donors (Lipinski definition) is 0. The first-order valence-corrected chi connectivity index (χ1v) is 10.3. The molecule has 0 fully saturated rings. The molecule has 0 saturated heterocycles. The maximum Gasteiger partial charge on any atom is 0.243 e. The van der Waals surface area contributed by atoms with E-state index >= 15 is 0 Å². The monoisotopic (exact) mass is 373 g/mol. The van der Waals surface area contributed by atoms with Crippen LogP contribution in [0.5, 0.6) is 0 Å². The lowest BCUT2D eigenvalue weighted by Gasteiger charge is -2.36. The average Bonchev–Trinajstić information content (AvgIpc) is 3.15. The summed E-state index contributed by atoms with van der Waals surface area (Å²) in [6.45, 7) is 0.402. The van der Waals surface area contributed by atoms with Crippen molar-refractivity contribution in [2.24, 2.45) is 0 Å². The van der Waals surface area contributed by atoms with Crippen molar-refractivity contribution in [3.05, 3.63) is 87.9 Å². The Morgan fingerprint density at radius 2 is 1.76 bits per heavy atom. The zero-order chi connectivity index (χ0) is 17.4. The number of benzene rings is 2. The number of halogens is 1. The van der Waals surface area contributed by atoms with Crippen LogP contribution in [0.2, 0.25) is 0 Å². The van der Waals surface area contributed by atoms with Gasteiger partial charge in [0, 0.05) is 11.4 Å². The Morgan fingerprint density at radius 1 is 1.00 bits per heavy atom. The zero-order valence-corrected chi connectivity index (χ0v) is 14.9. The Morgan fingerprint density at radius 3 is 2.48 bits per heavy atom. The highest BCUT2D eigenvalue weighted by Crippen LogP contribution is 2.40. The van der Waals surface area contributed by atoms with Crippen LogP contribution in [0.25, 0.3) is 0 Å². The highest BCUT2D eigenvalue weighted by atomic mass is 32.2. The number of rotatable bonds is 3. The number of sulfonamides is 1. The van der Waals surface area contributed by atoms with E-state index in [0.717, 1.165) is 10.4 Å². The number of fused-ring (bicyclic) bond motifs is 1. The van der Waals surface area contributed by atoms with Crippen LogP contribution in [0, 0.1) is 5.82 Å². The Balaban J connectivity index is 1.84. The number of hydrogen-bond acceptors (Lipinski definition) is 3. The SMILES string of the molecule is O=S(=O)(c1ccc(F)cc1)N1CCc2ccccc2C1c1cccs1. The van der Waals surface area contributed by atoms with Gasteiger partial charge in [0.15, 0.2) is 0 Å². The van der Waals surface area contributed by atoms with Crippen LogP contribution in [0.4, 0.5) is 4.39 Å². The molecule has 4 rings (SSSR count). The van der Waals surface area contributed by atoms with Gasteiger partial charge in [0.2, 0.25) is 10.0 Å². The van der Waals surface area contributed by atoms with Crippen molar-refractivity contribution in [2.75, 3.05) is 6.54 Å². The highest BCUT2D eigenvalue weighted by molar-refractivity contribution is 7.89. The maximum absolute atomic E-state index is 13.2. The molecule has 1 aliphatic heterocycles. The van der Waals surface area contributed by atoms with Crippen molar-refractivity contribution in [2.45, 2.75) is 17.4 Å². The Kier molecular flexibility index (Phi) is 4.19. The van der Waals surface area contributed by atoms with Gasteiger partial charge in [-0.25, -0.2) is 12.8 Å². The molecule has 0 saturated carbocycles. The van der Waals surface area contributed by atoms with Crippen LogP contribution in [0.1, 0.15) is 22.0 Å². The summed E-state index contributed by atoms with van der Waals surface area (Å²) in [5.41, 5.74) is 2.19. The van der Waals surface area contributed by atoms with Gasteiger partial charge in [-0.2, -0.15) is 4.31 Å². The van der Waals surface area contributed by atoms with Crippen molar-refractivity contribution in [3.8, 4) is 0 Å². The van der Waals surface area contributed by atoms with Crippen molar-refractivity contribution in [1.82, 2.24) is 4.31 Å². The van der Waals surface area contributed by atoms with Gasteiger partial charge in [-0.1, -0.05) is 30.3 Å². The summed E-state index contributed by atoms with van der Waals surface area (Å²) < 4.78 is 41.2. The molecular formula is C19H16FNO2S2. The summed E-state index contributed by atoms with van der Waals surface area (Å²) in [7, 11) is -3.72. The average molecular weight is 373 g/mol. The van der Waals surface area contributed by atoms with E-state index in [4.69, 9.17) is 0 Å². The molecule has 3 aromatic rings. The standard InChI is InChI=1S/C19H16FNO2S2/c20-15-7-9-16(10-8-15)25(22,23)21-12-11-14-4-1-2-5-17(14)19(21)18-6-3-13-24-18/h1-10,13,19H,11-12H2. The Hall–Kier alpha value is -2.02. The Bertz CT molecular complexity index is 983. The first-order chi connectivity index (χ1) is 12.1. The maximum atomic E-state index is 13.2. The van der Waals surface area contributed by atoms with Crippen LogP contribution in [-0.2, 0) is 16.4 Å². The molecule has 0 bridgehead atoms. The van der Waals surface area contributed by atoms with E-state index in [9.17, 15) is 12.8 Å². The summed E-state index contributed by atoms with van der Waals surface area (Å²) >= 11 is 1.54. The lowest BCUT2D eigenvalue weighted by molar-refractivity contribution is 0.347. The lowest BCUT2D eigenvalue weighted by Crippen LogP contribution is -2.40. The second kappa shape index (κ2) is 6.37. The van der Waals surface area contributed by atoms with Gasteiger partial charge in [-0.15, -0.1) is 11.3 Å². The lowest BCUT2D eigenvalue weighted by atomic mass is 9.93. The first-order valence-electron chi connectivity index (χ1n) is 7.96. The fourth-order valence-corrected chi connectivity index (χ4v) is 5.79. The van der Waals surface area contributed by atoms with Gasteiger partial charge < -0.3 is 0 Å². The van der Waals surface area contributed by atoms with E-state index in [0.29, 0.717) is 13.0 Å². The molecule has 0 spiro atoms. The normalized spacial score (nSPS) is 18.0. The molecule has 1 atom stereocenters. The van der Waals surface area contributed by atoms with Gasteiger partial charge >= 0.3 is 0 Å². The van der Waals surface area contributed by atoms with Gasteiger partial charge in [0.05, 0.1) is 10.9 Å². The van der Waals surface area contributed by atoms with Gasteiger partial charge in [0.1, 0.15) is 5.82 Å². The minimum absolute atomic E-state index is 0.120. The fourth-order valence-electron chi connectivity index (χ4n) is 3.29. The van der Waals surface area contributed by atoms with E-state index in [1.165, 1.54) is 34.1 Å². The van der Waals surface area contributed by atoms with Crippen molar-refractivity contribution in [1.29, 1.82) is 0 Å². The molecule has 0 aliphatic carbocycles. The third kappa shape index (κ3) is 2.90. The van der Waals surface area contributed by atoms with E-state index in [1.54, 1.807) is 11.3 Å². The molecule has 2 heterocycles. The molecule has 0 N–H and O–H groups in total. The van der Waals surface area contributed by atoms with Crippen LogP contribution >= 0.6 is 11.3 Å². The fraction of sp³-hybridized carbons (Fsp3) is 0.158. The third-order valence-electron chi connectivity index (χ3n) is 4.47. The minimum Gasteiger partial charge on any atom is -0.207 e. The predicted molar refractivity (Wildman–Crippen MR) is 96.6 cm³/mol. The molecule has 0 radical (unpaired) electrons. The Labute approximate surface area is 150 Å². The van der Waals surface area contributed by atoms with E-state index < -0.39 is 15.8 Å². The van der Waals surface area contributed by atoms with Crippen LogP contribution in [0.15, 0.2) is 70.9 Å². The van der Waals surface area contributed by atoms with Gasteiger partial charge in [-0.3, -0.25) is 0 Å². The minimum atomic E-state index is -3.72. The number of thiophene rings is 1. The van der Waals surface area contributed by atoms with Gasteiger partial charge in [-0.05, 0) is 53.3 Å². The summed E-state index contributed by atoms with van der Waals surface area (Å²) in [5, 5.41) is 1.95. The second-order valence-corrected chi connectivity index (χ2v) is 8.81. The van der Waals surface area contributed by atoms with E-state index in [2.05, 4.69) is 6.07 Å². The molecule has 6 heteroatoms. The highest BCUT2D eigenvalue weighted by Gasteiger charge is 2.37. The molecule has 128 valence electrons. The molecule has 0 amide bonds. The molecule has 25 heavy (non-hydrogen) atoms. The molecule has 1 aliphatic rings. The van der Waals surface area contributed by atoms with Crippen LogP contribution in [0.3, 0.4) is 0 Å². The van der Waals surface area contributed by atoms with E-state index in [1.807, 2.05) is 35.7 Å². The summed E-state index contributed by atoms with van der Waals surface area (Å²) in [4.78, 5) is 1.10. The summed E-state index contributed by atoms with van der Waals surface area (Å²) in [5.74, 6) is -0.447. The second-order valence-electron chi connectivity index (χ2n) is 5.94. The van der Waals surface area contributed by atoms with Crippen LogP contribution < -0.4 is 0 Å². The number of nitrogens with zero attached hydrogens (tertiary/aromatic N) is 1. The molecule has 3 nitrogen and oxygen atoms in total. The molecule has 2 aromatic carbocycles. The van der Waals surface area contributed by atoms with Crippen molar-refractivity contribution in [3.63, 3.8) is 0 Å². The molecular weight excluding hydrogens is 357 g/mol. The smallest absolute Gasteiger partial charge is 0.207 e.